The molecule has 0 saturated carbocycles. The van der Waals surface area contributed by atoms with E-state index in [2.05, 4.69) is 15.6 Å². The molecule has 0 atom stereocenters. The molecule has 0 saturated heterocycles. The number of nitrogens with zero attached hydrogens (tertiary/aromatic N) is 3. The highest BCUT2D eigenvalue weighted by Crippen LogP contribution is 2.13. The van der Waals surface area contributed by atoms with E-state index in [9.17, 15) is 14.0 Å². The SMILES string of the molecule is O=C(O)c1cn(CCNC(=O)c2ccc(F)cc2I)nn1. The molecule has 0 aliphatic heterocycles. The van der Waals surface area contributed by atoms with Crippen molar-refractivity contribution in [2.45, 2.75) is 6.54 Å². The van der Waals surface area contributed by atoms with Crippen LogP contribution in [0.1, 0.15) is 20.8 Å². The van der Waals surface area contributed by atoms with E-state index >= 15 is 0 Å². The molecule has 1 aromatic carbocycles. The van der Waals surface area contributed by atoms with Crippen LogP contribution in [0.3, 0.4) is 0 Å². The van der Waals surface area contributed by atoms with Gasteiger partial charge in [-0.15, -0.1) is 5.10 Å². The van der Waals surface area contributed by atoms with Gasteiger partial charge >= 0.3 is 5.97 Å². The van der Waals surface area contributed by atoms with Crippen LogP contribution in [-0.2, 0) is 6.54 Å². The van der Waals surface area contributed by atoms with E-state index < -0.39 is 11.8 Å². The Morgan fingerprint density at radius 2 is 2.19 bits per heavy atom. The quantitative estimate of drug-likeness (QED) is 0.729. The van der Waals surface area contributed by atoms with E-state index in [0.29, 0.717) is 9.13 Å². The Hall–Kier alpha value is -2.04. The molecule has 21 heavy (non-hydrogen) atoms. The molecule has 2 N–H and O–H groups in total. The Kier molecular flexibility index (Phi) is 4.83. The van der Waals surface area contributed by atoms with Gasteiger partial charge in [-0.1, -0.05) is 5.21 Å². The van der Waals surface area contributed by atoms with Gasteiger partial charge in [-0.05, 0) is 40.8 Å². The lowest BCUT2D eigenvalue weighted by atomic mass is 10.2. The molecular formula is C12H10FIN4O3. The first-order valence-corrected chi connectivity index (χ1v) is 6.92. The number of carbonyl (C=O) groups excluding carboxylic acids is 1. The molecule has 9 heteroatoms. The van der Waals surface area contributed by atoms with Crippen LogP contribution in [0.2, 0.25) is 0 Å². The molecule has 2 rings (SSSR count). The second-order valence-corrected chi connectivity index (χ2v) is 5.21. The van der Waals surface area contributed by atoms with Crippen LogP contribution in [0.25, 0.3) is 0 Å². The maximum Gasteiger partial charge on any atom is 0.358 e. The highest BCUT2D eigenvalue weighted by molar-refractivity contribution is 14.1. The summed E-state index contributed by atoms with van der Waals surface area (Å²) in [6, 6.07) is 3.89. The number of hydrogen-bond donors (Lipinski definition) is 2. The summed E-state index contributed by atoms with van der Waals surface area (Å²) in [5.41, 5.74) is 0.219. The fourth-order valence-electron chi connectivity index (χ4n) is 1.56. The van der Waals surface area contributed by atoms with Crippen molar-refractivity contribution >= 4 is 34.5 Å². The minimum atomic E-state index is -1.16. The van der Waals surface area contributed by atoms with Crippen molar-refractivity contribution in [1.29, 1.82) is 0 Å². The second-order valence-electron chi connectivity index (χ2n) is 4.05. The monoisotopic (exact) mass is 404 g/mol. The van der Waals surface area contributed by atoms with E-state index in [1.807, 2.05) is 22.6 Å². The zero-order chi connectivity index (χ0) is 15.4. The zero-order valence-corrected chi connectivity index (χ0v) is 12.7. The highest BCUT2D eigenvalue weighted by Gasteiger charge is 2.11. The number of hydrogen-bond acceptors (Lipinski definition) is 4. The van der Waals surface area contributed by atoms with Crippen LogP contribution in [-0.4, -0.2) is 38.5 Å². The van der Waals surface area contributed by atoms with Gasteiger partial charge in [0.2, 0.25) is 0 Å². The fourth-order valence-corrected chi connectivity index (χ4v) is 2.28. The lowest BCUT2D eigenvalue weighted by Crippen LogP contribution is -2.28. The van der Waals surface area contributed by atoms with E-state index in [4.69, 9.17) is 5.11 Å². The lowest BCUT2D eigenvalue weighted by molar-refractivity contribution is 0.0690. The second kappa shape index (κ2) is 6.61. The van der Waals surface area contributed by atoms with Gasteiger partial charge in [0, 0.05) is 10.1 Å². The first kappa shape index (κ1) is 15.4. The summed E-state index contributed by atoms with van der Waals surface area (Å²) in [6.07, 6.45) is 1.27. The number of aromatic carboxylic acids is 1. The van der Waals surface area contributed by atoms with Gasteiger partial charge in [-0.3, -0.25) is 4.79 Å². The number of nitrogens with one attached hydrogen (secondary N) is 1. The number of rotatable bonds is 5. The van der Waals surface area contributed by atoms with Gasteiger partial charge in [-0.25, -0.2) is 13.9 Å². The van der Waals surface area contributed by atoms with Gasteiger partial charge in [0.15, 0.2) is 5.69 Å². The molecule has 0 unspecified atom stereocenters. The van der Waals surface area contributed by atoms with Crippen LogP contribution >= 0.6 is 22.6 Å². The summed E-state index contributed by atoms with van der Waals surface area (Å²) in [5, 5.41) is 18.4. The number of amides is 1. The van der Waals surface area contributed by atoms with Crippen LogP contribution in [0.15, 0.2) is 24.4 Å². The maximum atomic E-state index is 12.9. The van der Waals surface area contributed by atoms with E-state index in [1.54, 1.807) is 0 Å². The molecule has 0 fully saturated rings. The number of carbonyl (C=O) groups is 2. The number of benzene rings is 1. The van der Waals surface area contributed by atoms with E-state index in [1.165, 1.54) is 29.1 Å². The Bertz CT molecular complexity index is 689. The molecule has 0 bridgehead atoms. The molecule has 7 nitrogen and oxygen atoms in total. The first-order valence-electron chi connectivity index (χ1n) is 5.84. The van der Waals surface area contributed by atoms with Crippen LogP contribution < -0.4 is 5.32 Å². The van der Waals surface area contributed by atoms with Crippen molar-refractivity contribution in [3.8, 4) is 0 Å². The topological polar surface area (TPSA) is 97.1 Å². The van der Waals surface area contributed by atoms with Crippen molar-refractivity contribution in [3.05, 3.63) is 45.0 Å². The Labute approximate surface area is 132 Å². The minimum Gasteiger partial charge on any atom is -0.476 e. The number of halogens is 2. The van der Waals surface area contributed by atoms with E-state index in [-0.39, 0.29) is 24.7 Å². The third kappa shape index (κ3) is 3.97. The standard InChI is InChI=1S/C12H10FIN4O3/c13-7-1-2-8(9(14)5-7)11(19)15-3-4-18-6-10(12(20)21)16-17-18/h1-2,5-6H,3-4H2,(H,15,19)(H,20,21). The normalized spacial score (nSPS) is 10.4. The van der Waals surface area contributed by atoms with Crippen molar-refractivity contribution in [3.63, 3.8) is 0 Å². The van der Waals surface area contributed by atoms with Gasteiger partial charge in [0.05, 0.1) is 18.3 Å². The van der Waals surface area contributed by atoms with Crippen molar-refractivity contribution in [2.75, 3.05) is 6.54 Å². The third-order valence-corrected chi connectivity index (χ3v) is 3.45. The summed E-state index contributed by atoms with van der Waals surface area (Å²) in [7, 11) is 0. The zero-order valence-electron chi connectivity index (χ0n) is 10.6. The van der Waals surface area contributed by atoms with E-state index in [0.717, 1.165) is 0 Å². The Morgan fingerprint density at radius 3 is 2.81 bits per heavy atom. The molecule has 110 valence electrons. The average molecular weight is 404 g/mol. The maximum absolute atomic E-state index is 12.9. The highest BCUT2D eigenvalue weighted by atomic mass is 127. The number of carboxylic acid groups (broad SMARTS) is 1. The molecular weight excluding hydrogens is 394 g/mol. The molecule has 1 aromatic heterocycles. The van der Waals surface area contributed by atoms with Gasteiger partial charge in [0.25, 0.3) is 5.91 Å². The average Bonchev–Trinajstić information content (AvgIpc) is 2.87. The Balaban J connectivity index is 1.90. The van der Waals surface area contributed by atoms with Crippen molar-refractivity contribution < 1.29 is 19.1 Å². The largest absolute Gasteiger partial charge is 0.476 e. The van der Waals surface area contributed by atoms with Gasteiger partial charge < -0.3 is 10.4 Å². The first-order chi connectivity index (χ1) is 9.97. The number of carboxylic acids is 1. The van der Waals surface area contributed by atoms with Crippen LogP contribution in [0, 0.1) is 9.39 Å². The number of aromatic nitrogens is 3. The molecule has 0 aliphatic rings. The van der Waals surface area contributed by atoms with Gasteiger partial charge in [-0.2, -0.15) is 0 Å². The molecule has 1 heterocycles. The van der Waals surface area contributed by atoms with Crippen molar-refractivity contribution in [2.24, 2.45) is 0 Å². The summed E-state index contributed by atoms with van der Waals surface area (Å²) in [6.45, 7) is 0.526. The summed E-state index contributed by atoms with van der Waals surface area (Å²) >= 11 is 1.88. The lowest BCUT2D eigenvalue weighted by Gasteiger charge is -2.06. The molecule has 2 aromatic rings. The predicted octanol–water partition coefficient (Wildman–Crippen LogP) is 1.15. The molecule has 1 amide bonds. The van der Waals surface area contributed by atoms with Gasteiger partial charge in [0.1, 0.15) is 5.82 Å². The summed E-state index contributed by atoms with van der Waals surface area (Å²) < 4.78 is 14.8. The molecule has 0 spiro atoms. The minimum absolute atomic E-state index is 0.158. The molecule has 0 radical (unpaired) electrons. The van der Waals surface area contributed by atoms with Crippen LogP contribution in [0.4, 0.5) is 4.39 Å². The molecule has 0 aliphatic carbocycles. The summed E-state index contributed by atoms with van der Waals surface area (Å²) in [4.78, 5) is 22.5. The van der Waals surface area contributed by atoms with Crippen LogP contribution in [0.5, 0.6) is 0 Å². The predicted molar refractivity (Wildman–Crippen MR) is 78.4 cm³/mol. The Morgan fingerprint density at radius 1 is 1.43 bits per heavy atom. The van der Waals surface area contributed by atoms with Crippen molar-refractivity contribution in [1.82, 2.24) is 20.3 Å². The fraction of sp³-hybridized carbons (Fsp3) is 0.167. The third-order valence-electron chi connectivity index (χ3n) is 2.56. The summed E-state index contributed by atoms with van der Waals surface area (Å²) in [5.74, 6) is -1.90. The smallest absolute Gasteiger partial charge is 0.358 e.